The molecule has 375 valence electrons. The van der Waals surface area contributed by atoms with Crippen molar-refractivity contribution in [2.24, 2.45) is 29.6 Å². The molecule has 4 rings (SSSR count). The van der Waals surface area contributed by atoms with Crippen molar-refractivity contribution in [3.63, 3.8) is 0 Å². The summed E-state index contributed by atoms with van der Waals surface area (Å²) in [4.78, 5) is 0. The van der Waals surface area contributed by atoms with Crippen molar-refractivity contribution < 1.29 is 40.4 Å². The Hall–Kier alpha value is -2.63. The Morgan fingerprint density at radius 1 is 0.632 bits per heavy atom. The van der Waals surface area contributed by atoms with Crippen molar-refractivity contribution in [2.75, 3.05) is 13.3 Å². The fourth-order valence-electron chi connectivity index (χ4n) is 9.62. The average Bonchev–Trinajstić information content (AvgIpc) is 3.29. The van der Waals surface area contributed by atoms with Crippen LogP contribution < -0.4 is 42.7 Å². The first-order chi connectivity index (χ1) is 31.7. The van der Waals surface area contributed by atoms with E-state index in [4.69, 9.17) is 18.3 Å². The normalized spacial score (nSPS) is 17.6. The molecule has 0 aliphatic heterocycles. The van der Waals surface area contributed by atoms with Gasteiger partial charge in [0.1, 0.15) is 5.75 Å². The van der Waals surface area contributed by atoms with Crippen molar-refractivity contribution >= 4 is 36.8 Å². The van der Waals surface area contributed by atoms with Crippen LogP contribution in [0.4, 0.5) is 0 Å². The Kier molecular flexibility index (Phi) is 20.6. The van der Waals surface area contributed by atoms with Crippen LogP contribution in [0.2, 0.25) is 36.3 Å². The Morgan fingerprint density at radius 3 is 1.49 bits per heavy atom. The zero-order valence-corrected chi connectivity index (χ0v) is 50.2. The third-order valence-electron chi connectivity index (χ3n) is 15.5. The number of benzene rings is 4. The fourth-order valence-corrected chi connectivity index (χ4v) is 22.5. The Labute approximate surface area is 430 Å². The summed E-state index contributed by atoms with van der Waals surface area (Å²) in [5.74, 6) is 1.71. The third-order valence-corrected chi connectivity index (χ3v) is 36.1. The number of hydrogen-bond acceptors (Lipinski definition) is 4. The molecule has 0 saturated heterocycles. The first-order valence-electron chi connectivity index (χ1n) is 25.2. The number of hydrogen-bond donors (Lipinski definition) is 0. The Morgan fingerprint density at radius 2 is 1.07 bits per heavy atom. The zero-order chi connectivity index (χ0) is 50.7. The Balaban J connectivity index is 1.80. The van der Waals surface area contributed by atoms with Crippen molar-refractivity contribution in [3.8, 4) is 5.75 Å². The van der Waals surface area contributed by atoms with Crippen molar-refractivity contribution in [2.45, 2.75) is 151 Å². The number of halogens is 1. The molecule has 4 aromatic carbocycles. The molecule has 0 spiro atoms. The van der Waals surface area contributed by atoms with Gasteiger partial charge in [-0.1, -0.05) is 64.6 Å². The molecule has 8 heteroatoms. The third kappa shape index (κ3) is 14.1. The quantitative estimate of drug-likeness (QED) is 0.0230. The monoisotopic (exact) mass is 1090 g/mol. The fraction of sp³-hybridized carbons (Fsp3) is 0.500. The van der Waals surface area contributed by atoms with E-state index in [9.17, 15) is 0 Å². The molecule has 0 unspecified atom stereocenters. The van der Waals surface area contributed by atoms with Gasteiger partial charge in [0.15, 0.2) is 0 Å². The molecule has 0 aliphatic rings. The van der Waals surface area contributed by atoms with Gasteiger partial charge in [-0.15, -0.1) is 0 Å². The molecular formula is C60H90IO4PSi2-. The summed E-state index contributed by atoms with van der Waals surface area (Å²) in [7, 11) is -2.73. The predicted octanol–water partition coefficient (Wildman–Crippen LogP) is 12.6. The van der Waals surface area contributed by atoms with Crippen molar-refractivity contribution in [1.82, 2.24) is 0 Å². The van der Waals surface area contributed by atoms with E-state index in [-0.39, 0.29) is 58.0 Å². The number of allylic oxidation sites excluding steroid dienone is 3. The van der Waals surface area contributed by atoms with Crippen LogP contribution >= 0.6 is 4.25 Å². The summed E-state index contributed by atoms with van der Waals surface area (Å²) >= 11 is 2.97. The van der Waals surface area contributed by atoms with Gasteiger partial charge >= 0.3 is 327 Å². The maximum atomic E-state index is 7.74. The molecule has 0 amide bonds. The molecule has 0 N–H and O–H groups in total. The van der Waals surface area contributed by atoms with Gasteiger partial charge in [0.05, 0.1) is 13.7 Å². The zero-order valence-electron chi connectivity index (χ0n) is 45.2. The number of rotatable bonds is 24. The van der Waals surface area contributed by atoms with Crippen molar-refractivity contribution in [3.05, 3.63) is 157 Å². The van der Waals surface area contributed by atoms with Gasteiger partial charge in [-0.05, 0) is 17.7 Å². The number of ether oxygens (including phenoxy) is 2. The average molecular weight is 1090 g/mol. The molecule has 0 heterocycles. The summed E-state index contributed by atoms with van der Waals surface area (Å²) in [5, 5.41) is 4.33. The predicted molar refractivity (Wildman–Crippen MR) is 299 cm³/mol. The summed E-state index contributed by atoms with van der Waals surface area (Å²) in [6.45, 7) is 42.6. The van der Waals surface area contributed by atoms with Crippen LogP contribution in [0.5, 0.6) is 5.75 Å². The second kappa shape index (κ2) is 24.2. The Bertz CT molecular complexity index is 2110. The molecule has 0 aromatic heterocycles. The molecule has 68 heavy (non-hydrogen) atoms. The van der Waals surface area contributed by atoms with E-state index in [1.807, 2.05) is 18.2 Å². The molecule has 0 bridgehead atoms. The van der Waals surface area contributed by atoms with Crippen molar-refractivity contribution in [1.29, 1.82) is 0 Å². The SMILES string of the molecule is C=C/C=C\[C@H](C)[C@H](OCc1ccc(OC)cc1)[C@@H](C)[C@H](O[Si](C)(C)C(C)(C)C)[C@@H](C)C/C(C)=C\[C@H](C)[C@@H](O[Si](C)(C)C(C)(C)C)[C@@H](C)CP([I-])(c1ccccc1)(c1ccccc1)c1ccccc1. The van der Waals surface area contributed by atoms with Crippen LogP contribution in [0, 0.1) is 29.6 Å². The second-order valence-electron chi connectivity index (χ2n) is 23.1. The molecule has 8 atom stereocenters. The summed E-state index contributed by atoms with van der Waals surface area (Å²) < 4.78 is 24.7. The minimum atomic E-state index is -3.10. The summed E-state index contributed by atoms with van der Waals surface area (Å²) in [6, 6.07) is 42.3. The van der Waals surface area contributed by atoms with E-state index in [2.05, 4.69) is 259 Å². The maximum absolute atomic E-state index is 7.74. The van der Waals surface area contributed by atoms with Crippen LogP contribution in [0.25, 0.3) is 0 Å². The summed E-state index contributed by atoms with van der Waals surface area (Å²) in [6.07, 6.45) is 10.5. The second-order valence-corrected chi connectivity index (χ2v) is 43.2. The number of methoxy groups -OCH3 is 1. The van der Waals surface area contributed by atoms with Gasteiger partial charge in [0.2, 0.25) is 0 Å². The first-order valence-corrected chi connectivity index (χ1v) is 36.2. The van der Waals surface area contributed by atoms with E-state index in [1.165, 1.54) is 21.5 Å². The van der Waals surface area contributed by atoms with Gasteiger partial charge < -0.3 is 4.74 Å². The van der Waals surface area contributed by atoms with E-state index >= 15 is 0 Å². The van der Waals surface area contributed by atoms with Gasteiger partial charge in [0.25, 0.3) is 0 Å². The summed E-state index contributed by atoms with van der Waals surface area (Å²) in [5.41, 5.74) is 2.51. The van der Waals surface area contributed by atoms with Gasteiger partial charge in [-0.3, -0.25) is 0 Å². The molecule has 0 fully saturated rings. The van der Waals surface area contributed by atoms with Crippen LogP contribution in [0.3, 0.4) is 0 Å². The van der Waals surface area contributed by atoms with Gasteiger partial charge in [-0.2, -0.15) is 0 Å². The molecule has 4 nitrogen and oxygen atoms in total. The molecule has 4 aromatic rings. The topological polar surface area (TPSA) is 36.9 Å². The van der Waals surface area contributed by atoms with Gasteiger partial charge in [-0.25, -0.2) is 0 Å². The van der Waals surface area contributed by atoms with Crippen LogP contribution in [-0.2, 0) is 20.2 Å². The molecule has 1 radical (unpaired) electrons. The van der Waals surface area contributed by atoms with E-state index in [0.29, 0.717) is 6.61 Å². The minimum absolute atomic E-state index is 0.0000145. The van der Waals surface area contributed by atoms with Crippen LogP contribution in [0.15, 0.2) is 152 Å². The first kappa shape index (κ1) is 57.9. The molecule has 0 saturated carbocycles. The standard InChI is InChI=1S/C60H90IO4PSi2/c1-19-20-30-46(3)57(63-43-51-37-39-52(62-14)40-38-51)50(7)58(65-68(17,18)60(11,12)13)48(5)42-45(2)41-47(4)56(64-67(15,16)59(8,9)10)49(6)44-66(61,53-31-24-21-25-32-53,54-33-26-22-27-34-54)55-35-28-23-29-36-55/h19-41,46-50,56-58H,1,42-44H2,2-18H3/q-1/b30-20-,45-41-/t46-,47-,48-,49-,50+,56+,57-,58+/m0/s1. The molecular weight excluding hydrogens is 999 g/mol. The van der Waals surface area contributed by atoms with Crippen LogP contribution in [-0.4, -0.2) is 48.2 Å². The van der Waals surface area contributed by atoms with E-state index in [0.717, 1.165) is 23.9 Å². The van der Waals surface area contributed by atoms with E-state index < -0.39 is 20.9 Å². The van der Waals surface area contributed by atoms with E-state index in [1.54, 1.807) is 7.11 Å². The van der Waals surface area contributed by atoms with Gasteiger partial charge in [0, 0.05) is 0 Å². The van der Waals surface area contributed by atoms with Crippen LogP contribution in [0.1, 0.15) is 95.1 Å². The molecule has 0 aliphatic carbocycles.